The van der Waals surface area contributed by atoms with Gasteiger partial charge in [0.1, 0.15) is 0 Å². The molecule has 0 radical (unpaired) electrons. The van der Waals surface area contributed by atoms with Gasteiger partial charge in [0.2, 0.25) is 0 Å². The van der Waals surface area contributed by atoms with E-state index in [9.17, 15) is 13.6 Å². The van der Waals surface area contributed by atoms with E-state index in [1.54, 1.807) is 0 Å². The Kier molecular flexibility index (Phi) is 3.32. The van der Waals surface area contributed by atoms with Crippen LogP contribution < -0.4 is 11.2 Å². The molecule has 0 saturated heterocycles. The molecule has 0 aliphatic carbocycles. The monoisotopic (exact) mass is 204 g/mol. The molecular formula is C8H10F2N2O2. The van der Waals surface area contributed by atoms with E-state index >= 15 is 0 Å². The predicted molar refractivity (Wildman–Crippen MR) is 45.8 cm³/mol. The van der Waals surface area contributed by atoms with Crippen molar-refractivity contribution in [1.29, 1.82) is 0 Å². The molecule has 1 heterocycles. The van der Waals surface area contributed by atoms with Crippen LogP contribution in [0.2, 0.25) is 0 Å². The number of aromatic amines is 1. The molecule has 0 fully saturated rings. The Hall–Kier alpha value is -1.27. The number of nitrogens with two attached hydrogens (primary N) is 1. The van der Waals surface area contributed by atoms with Crippen molar-refractivity contribution in [2.75, 3.05) is 0 Å². The molecule has 1 aromatic heterocycles. The van der Waals surface area contributed by atoms with Crippen molar-refractivity contribution in [3.8, 4) is 0 Å². The van der Waals surface area contributed by atoms with Crippen LogP contribution >= 0.6 is 0 Å². The molecule has 0 atom stereocenters. The Labute approximate surface area is 78.4 Å². The number of hydrogen-bond donors (Lipinski definition) is 3. The first-order chi connectivity index (χ1) is 6.61. The van der Waals surface area contributed by atoms with Gasteiger partial charge < -0.3 is 15.8 Å². The second-order valence-corrected chi connectivity index (χ2v) is 2.70. The number of pyridine rings is 1. The highest BCUT2D eigenvalue weighted by Crippen LogP contribution is 2.18. The van der Waals surface area contributed by atoms with Crippen molar-refractivity contribution in [3.63, 3.8) is 0 Å². The molecule has 0 unspecified atom stereocenters. The minimum atomic E-state index is -2.89. The van der Waals surface area contributed by atoms with Crippen LogP contribution in [0.5, 0.6) is 0 Å². The maximum absolute atomic E-state index is 12.4. The zero-order chi connectivity index (χ0) is 10.7. The number of aromatic nitrogens is 1. The molecule has 1 aromatic rings. The summed E-state index contributed by atoms with van der Waals surface area (Å²) in [6.07, 6.45) is -1.69. The summed E-state index contributed by atoms with van der Waals surface area (Å²) in [6, 6.07) is 0. The molecule has 0 amide bonds. The predicted octanol–water partition coefficient (Wildman–Crippen LogP) is 0.264. The Morgan fingerprint density at radius 1 is 1.57 bits per heavy atom. The van der Waals surface area contributed by atoms with E-state index in [1.165, 1.54) is 6.20 Å². The van der Waals surface area contributed by atoms with Crippen LogP contribution in [-0.2, 0) is 13.2 Å². The van der Waals surface area contributed by atoms with Crippen molar-refractivity contribution >= 4 is 0 Å². The lowest BCUT2D eigenvalue weighted by molar-refractivity contribution is 0.148. The third kappa shape index (κ3) is 1.80. The third-order valence-corrected chi connectivity index (χ3v) is 1.87. The molecule has 0 aromatic carbocycles. The highest BCUT2D eigenvalue weighted by molar-refractivity contribution is 5.26. The van der Waals surface area contributed by atoms with Gasteiger partial charge in [-0.15, -0.1) is 0 Å². The first-order valence-corrected chi connectivity index (χ1v) is 3.94. The summed E-state index contributed by atoms with van der Waals surface area (Å²) in [5.41, 5.74) is 3.60. The van der Waals surface area contributed by atoms with Crippen molar-refractivity contribution in [3.05, 3.63) is 33.2 Å². The van der Waals surface area contributed by atoms with Gasteiger partial charge in [-0.05, 0) is 0 Å². The second kappa shape index (κ2) is 4.30. The highest BCUT2D eigenvalue weighted by Gasteiger charge is 2.18. The molecular weight excluding hydrogens is 194 g/mol. The number of aliphatic hydroxyl groups excluding tert-OH is 1. The summed E-state index contributed by atoms with van der Waals surface area (Å²) in [7, 11) is 0. The molecule has 4 nitrogen and oxygen atoms in total. The summed E-state index contributed by atoms with van der Waals surface area (Å²) in [5.74, 6) is 0. The quantitative estimate of drug-likeness (QED) is 0.660. The van der Waals surface area contributed by atoms with E-state index in [2.05, 4.69) is 4.98 Å². The number of aliphatic hydroxyl groups is 1. The van der Waals surface area contributed by atoms with Crippen LogP contribution in [0, 0.1) is 0 Å². The van der Waals surface area contributed by atoms with Crippen LogP contribution in [0.15, 0.2) is 11.0 Å². The fraction of sp³-hybridized carbons (Fsp3) is 0.375. The van der Waals surface area contributed by atoms with Crippen molar-refractivity contribution in [1.82, 2.24) is 4.98 Å². The fourth-order valence-electron chi connectivity index (χ4n) is 1.14. The van der Waals surface area contributed by atoms with E-state index in [0.29, 0.717) is 0 Å². The molecule has 0 bridgehead atoms. The topological polar surface area (TPSA) is 79.1 Å². The van der Waals surface area contributed by atoms with Gasteiger partial charge in [0.15, 0.2) is 5.43 Å². The van der Waals surface area contributed by atoms with Crippen LogP contribution in [0.25, 0.3) is 0 Å². The maximum Gasteiger partial charge on any atom is 0.269 e. The molecule has 78 valence electrons. The molecule has 0 saturated carbocycles. The van der Waals surface area contributed by atoms with Gasteiger partial charge in [-0.1, -0.05) is 0 Å². The van der Waals surface area contributed by atoms with Crippen molar-refractivity contribution < 1.29 is 13.9 Å². The normalized spacial score (nSPS) is 10.9. The summed E-state index contributed by atoms with van der Waals surface area (Å²) in [5, 5.41) is 8.69. The van der Waals surface area contributed by atoms with E-state index in [-0.39, 0.29) is 17.8 Å². The average Bonchev–Trinajstić information content (AvgIpc) is 2.16. The lowest BCUT2D eigenvalue weighted by Gasteiger charge is -2.07. The number of rotatable bonds is 3. The van der Waals surface area contributed by atoms with E-state index in [1.807, 2.05) is 0 Å². The van der Waals surface area contributed by atoms with Gasteiger partial charge in [-0.2, -0.15) is 0 Å². The van der Waals surface area contributed by atoms with Crippen molar-refractivity contribution in [2.45, 2.75) is 19.6 Å². The minimum Gasteiger partial charge on any atom is -0.391 e. The Morgan fingerprint density at radius 3 is 2.64 bits per heavy atom. The van der Waals surface area contributed by atoms with Gasteiger partial charge in [0.25, 0.3) is 6.43 Å². The number of hydrogen-bond acceptors (Lipinski definition) is 3. The summed E-state index contributed by atoms with van der Waals surface area (Å²) in [4.78, 5) is 13.8. The zero-order valence-electron chi connectivity index (χ0n) is 7.26. The number of H-pyrrole nitrogens is 1. The van der Waals surface area contributed by atoms with Gasteiger partial charge in [0, 0.05) is 24.0 Å². The van der Waals surface area contributed by atoms with Gasteiger partial charge in [0.05, 0.1) is 12.2 Å². The summed E-state index contributed by atoms with van der Waals surface area (Å²) < 4.78 is 24.9. The number of alkyl halides is 2. The smallest absolute Gasteiger partial charge is 0.269 e. The highest BCUT2D eigenvalue weighted by atomic mass is 19.3. The molecule has 0 aliphatic rings. The van der Waals surface area contributed by atoms with Crippen LogP contribution in [-0.4, -0.2) is 10.1 Å². The van der Waals surface area contributed by atoms with Gasteiger partial charge in [-0.25, -0.2) is 8.78 Å². The third-order valence-electron chi connectivity index (χ3n) is 1.87. The average molecular weight is 204 g/mol. The van der Waals surface area contributed by atoms with Crippen LogP contribution in [0.3, 0.4) is 0 Å². The van der Waals surface area contributed by atoms with Gasteiger partial charge in [-0.3, -0.25) is 4.79 Å². The Morgan fingerprint density at radius 2 is 2.21 bits per heavy atom. The van der Waals surface area contributed by atoms with E-state index < -0.39 is 24.0 Å². The van der Waals surface area contributed by atoms with Crippen LogP contribution in [0.4, 0.5) is 8.78 Å². The second-order valence-electron chi connectivity index (χ2n) is 2.70. The molecule has 0 aliphatic heterocycles. The minimum absolute atomic E-state index is 0.00204. The zero-order valence-corrected chi connectivity index (χ0v) is 7.26. The maximum atomic E-state index is 12.4. The van der Waals surface area contributed by atoms with Crippen molar-refractivity contribution in [2.24, 2.45) is 5.73 Å². The number of nitrogens with one attached hydrogen (secondary N) is 1. The molecule has 1 rings (SSSR count). The molecule has 4 N–H and O–H groups in total. The molecule has 14 heavy (non-hydrogen) atoms. The first-order valence-electron chi connectivity index (χ1n) is 3.94. The van der Waals surface area contributed by atoms with Gasteiger partial charge >= 0.3 is 0 Å². The standard InChI is InChI=1S/C8H10F2N2O2/c9-8(10)6-5(1-11)12-2-4(3-13)7(6)14/h2,8,13H,1,3,11H2,(H,12,14). The largest absolute Gasteiger partial charge is 0.391 e. The van der Waals surface area contributed by atoms with E-state index in [0.717, 1.165) is 0 Å². The Balaban J connectivity index is 3.39. The molecule has 0 spiro atoms. The first kappa shape index (κ1) is 10.8. The SMILES string of the molecule is NCc1[nH]cc(CO)c(=O)c1C(F)F. The van der Waals surface area contributed by atoms with Crippen LogP contribution in [0.1, 0.15) is 23.2 Å². The van der Waals surface area contributed by atoms with E-state index in [4.69, 9.17) is 10.8 Å². The summed E-state index contributed by atoms with van der Waals surface area (Å²) in [6.45, 7) is -0.736. The molecule has 6 heteroatoms. The number of halogens is 2. The lowest BCUT2D eigenvalue weighted by atomic mass is 10.1. The Bertz CT molecular complexity index is 376. The fourth-order valence-corrected chi connectivity index (χ4v) is 1.14. The lowest BCUT2D eigenvalue weighted by Crippen LogP contribution is -2.20. The summed E-state index contributed by atoms with van der Waals surface area (Å²) >= 11 is 0.